The van der Waals surface area contributed by atoms with Gasteiger partial charge in [0.2, 0.25) is 0 Å². The summed E-state index contributed by atoms with van der Waals surface area (Å²) in [5.41, 5.74) is -1.11. The molecule has 0 bridgehead atoms. The van der Waals surface area contributed by atoms with E-state index in [-0.39, 0.29) is 0 Å². The zero-order valence-corrected chi connectivity index (χ0v) is 9.24. The van der Waals surface area contributed by atoms with Crippen molar-refractivity contribution < 1.29 is 29.1 Å². The van der Waals surface area contributed by atoms with Crippen molar-refractivity contribution in [3.05, 3.63) is 39.7 Å². The fraction of sp³-hybridized carbons (Fsp3) is 0.300. The van der Waals surface area contributed by atoms with Crippen LogP contribution in [0.25, 0.3) is 0 Å². The number of halogens is 1. The van der Waals surface area contributed by atoms with Gasteiger partial charge in [-0.25, -0.2) is 9.18 Å². The highest BCUT2D eigenvalue weighted by atomic mass is 19.1. The predicted octanol–water partition coefficient (Wildman–Crippen LogP) is 0.301. The standard InChI is InChI=1S/C10H10FNO6/c1-18-10(15)9(14)8(13)6-4-5(11)2-3-7(6)12(16)17/h2-4,8-9,13-14H,1H3. The van der Waals surface area contributed by atoms with E-state index in [4.69, 9.17) is 0 Å². The van der Waals surface area contributed by atoms with E-state index in [1.807, 2.05) is 0 Å². The molecule has 0 saturated carbocycles. The number of hydrogen-bond donors (Lipinski definition) is 2. The van der Waals surface area contributed by atoms with Crippen molar-refractivity contribution in [2.45, 2.75) is 12.2 Å². The molecule has 2 N–H and O–H groups in total. The van der Waals surface area contributed by atoms with Crippen molar-refractivity contribution in [1.82, 2.24) is 0 Å². The summed E-state index contributed by atoms with van der Waals surface area (Å²) < 4.78 is 17.2. The van der Waals surface area contributed by atoms with Crippen LogP contribution < -0.4 is 0 Å². The van der Waals surface area contributed by atoms with E-state index in [1.54, 1.807) is 0 Å². The second-order valence-corrected chi connectivity index (χ2v) is 3.37. The van der Waals surface area contributed by atoms with Gasteiger partial charge in [-0.3, -0.25) is 10.1 Å². The lowest BCUT2D eigenvalue weighted by Crippen LogP contribution is -2.29. The van der Waals surface area contributed by atoms with Crippen molar-refractivity contribution in [3.8, 4) is 0 Å². The Morgan fingerprint density at radius 1 is 1.50 bits per heavy atom. The van der Waals surface area contributed by atoms with Gasteiger partial charge in [0.05, 0.1) is 17.6 Å². The maximum Gasteiger partial charge on any atom is 0.337 e. The van der Waals surface area contributed by atoms with Crippen molar-refractivity contribution >= 4 is 11.7 Å². The molecule has 18 heavy (non-hydrogen) atoms. The summed E-state index contributed by atoms with van der Waals surface area (Å²) in [5.74, 6) is -2.02. The van der Waals surface area contributed by atoms with Gasteiger partial charge in [0.15, 0.2) is 6.10 Å². The van der Waals surface area contributed by atoms with Crippen molar-refractivity contribution in [3.63, 3.8) is 0 Å². The molecular weight excluding hydrogens is 249 g/mol. The molecule has 0 spiro atoms. The summed E-state index contributed by atoms with van der Waals surface area (Å²) in [5, 5.41) is 29.7. The lowest BCUT2D eigenvalue weighted by Gasteiger charge is -2.15. The van der Waals surface area contributed by atoms with Gasteiger partial charge >= 0.3 is 5.97 Å². The maximum atomic E-state index is 13.0. The highest BCUT2D eigenvalue weighted by Crippen LogP contribution is 2.28. The number of nitrogens with zero attached hydrogens (tertiary/aromatic N) is 1. The Balaban J connectivity index is 3.18. The third kappa shape index (κ3) is 2.79. The minimum Gasteiger partial charge on any atom is -0.467 e. The highest BCUT2D eigenvalue weighted by molar-refractivity contribution is 5.75. The average Bonchev–Trinajstić information content (AvgIpc) is 2.35. The largest absolute Gasteiger partial charge is 0.467 e. The lowest BCUT2D eigenvalue weighted by atomic mass is 10.0. The zero-order chi connectivity index (χ0) is 13.9. The molecule has 0 heterocycles. The van der Waals surface area contributed by atoms with Gasteiger partial charge in [0, 0.05) is 6.07 Å². The Hall–Kier alpha value is -2.06. The molecular formula is C10H10FNO6. The first-order valence-corrected chi connectivity index (χ1v) is 4.76. The quantitative estimate of drug-likeness (QED) is 0.457. The minimum atomic E-state index is -2.03. The summed E-state index contributed by atoms with van der Waals surface area (Å²) in [6.07, 6.45) is -3.98. The molecule has 0 amide bonds. The molecule has 7 nitrogen and oxygen atoms in total. The van der Waals surface area contributed by atoms with Gasteiger partial charge in [-0.15, -0.1) is 0 Å². The zero-order valence-electron chi connectivity index (χ0n) is 9.24. The van der Waals surface area contributed by atoms with Gasteiger partial charge in [0.25, 0.3) is 5.69 Å². The van der Waals surface area contributed by atoms with Crippen LogP contribution in [-0.2, 0) is 9.53 Å². The van der Waals surface area contributed by atoms with E-state index >= 15 is 0 Å². The van der Waals surface area contributed by atoms with Gasteiger partial charge in [-0.05, 0) is 12.1 Å². The van der Waals surface area contributed by atoms with E-state index in [0.717, 1.165) is 19.2 Å². The molecule has 2 atom stereocenters. The Bertz CT molecular complexity index is 477. The van der Waals surface area contributed by atoms with E-state index in [2.05, 4.69) is 4.74 Å². The number of nitro groups is 1. The monoisotopic (exact) mass is 259 g/mol. The lowest BCUT2D eigenvalue weighted by molar-refractivity contribution is -0.386. The van der Waals surface area contributed by atoms with E-state index in [0.29, 0.717) is 6.07 Å². The van der Waals surface area contributed by atoms with Crippen LogP contribution in [0.2, 0.25) is 0 Å². The Kier molecular flexibility index (Phi) is 4.29. The minimum absolute atomic E-state index is 0.502. The summed E-state index contributed by atoms with van der Waals surface area (Å²) in [4.78, 5) is 20.8. The molecule has 0 fully saturated rings. The van der Waals surface area contributed by atoms with Crippen LogP contribution in [0.15, 0.2) is 18.2 Å². The number of esters is 1. The smallest absolute Gasteiger partial charge is 0.337 e. The summed E-state index contributed by atoms with van der Waals surface area (Å²) in [7, 11) is 0.970. The van der Waals surface area contributed by atoms with E-state index < -0.39 is 40.2 Å². The summed E-state index contributed by atoms with van der Waals surface area (Å²) in [6.45, 7) is 0. The molecule has 0 radical (unpaired) electrons. The first-order valence-electron chi connectivity index (χ1n) is 4.76. The Labute approximate surface area is 101 Å². The number of methoxy groups -OCH3 is 1. The number of carbonyl (C=O) groups is 1. The number of hydrogen-bond acceptors (Lipinski definition) is 6. The molecule has 0 aliphatic rings. The molecule has 8 heteroatoms. The van der Waals surface area contributed by atoms with E-state index in [9.17, 15) is 29.5 Å². The number of benzene rings is 1. The van der Waals surface area contributed by atoms with E-state index in [1.165, 1.54) is 0 Å². The maximum absolute atomic E-state index is 13.0. The number of carbonyl (C=O) groups excluding carboxylic acids is 1. The van der Waals surface area contributed by atoms with Crippen molar-refractivity contribution in [2.75, 3.05) is 7.11 Å². The molecule has 0 aliphatic carbocycles. The SMILES string of the molecule is COC(=O)C(O)C(O)c1cc(F)ccc1[N+](=O)[O-]. The Morgan fingerprint density at radius 2 is 2.11 bits per heavy atom. The topological polar surface area (TPSA) is 110 Å². The van der Waals surface area contributed by atoms with Crippen LogP contribution in [-0.4, -0.2) is 34.3 Å². The Morgan fingerprint density at radius 3 is 2.61 bits per heavy atom. The van der Waals surface area contributed by atoms with Crippen molar-refractivity contribution in [2.24, 2.45) is 0 Å². The first-order chi connectivity index (χ1) is 8.38. The summed E-state index contributed by atoms with van der Waals surface area (Å²) in [6, 6.07) is 2.34. The van der Waals surface area contributed by atoms with Gasteiger partial charge in [-0.1, -0.05) is 0 Å². The second kappa shape index (κ2) is 5.52. The number of nitro benzene ring substituents is 1. The number of aliphatic hydroxyl groups excluding tert-OH is 2. The van der Waals surface area contributed by atoms with Gasteiger partial charge in [0.1, 0.15) is 11.9 Å². The molecule has 0 saturated heterocycles. The molecule has 1 rings (SSSR count). The third-order valence-corrected chi connectivity index (χ3v) is 2.25. The first kappa shape index (κ1) is 14.0. The van der Waals surface area contributed by atoms with Crippen molar-refractivity contribution in [1.29, 1.82) is 0 Å². The van der Waals surface area contributed by atoms with Crippen LogP contribution in [0.4, 0.5) is 10.1 Å². The van der Waals surface area contributed by atoms with Gasteiger partial charge in [-0.2, -0.15) is 0 Å². The number of ether oxygens (including phenoxy) is 1. The van der Waals surface area contributed by atoms with Gasteiger partial charge < -0.3 is 14.9 Å². The number of aliphatic hydroxyl groups is 2. The molecule has 0 aliphatic heterocycles. The average molecular weight is 259 g/mol. The predicted molar refractivity (Wildman–Crippen MR) is 56.0 cm³/mol. The summed E-state index contributed by atoms with van der Waals surface area (Å²) >= 11 is 0. The third-order valence-electron chi connectivity index (χ3n) is 2.25. The van der Waals surface area contributed by atoms with Crippen LogP contribution in [0, 0.1) is 15.9 Å². The van der Waals surface area contributed by atoms with Crippen LogP contribution in [0.1, 0.15) is 11.7 Å². The molecule has 2 unspecified atom stereocenters. The molecule has 1 aromatic rings. The fourth-order valence-corrected chi connectivity index (χ4v) is 1.35. The van der Waals surface area contributed by atoms with Crippen LogP contribution in [0.5, 0.6) is 0 Å². The number of rotatable bonds is 4. The molecule has 1 aromatic carbocycles. The second-order valence-electron chi connectivity index (χ2n) is 3.37. The highest BCUT2D eigenvalue weighted by Gasteiger charge is 2.31. The molecule has 98 valence electrons. The van der Waals surface area contributed by atoms with Crippen LogP contribution in [0.3, 0.4) is 0 Å². The normalized spacial score (nSPS) is 13.8. The fourth-order valence-electron chi connectivity index (χ4n) is 1.35. The molecule has 0 aromatic heterocycles. The van der Waals surface area contributed by atoms with Crippen LogP contribution >= 0.6 is 0 Å².